The van der Waals surface area contributed by atoms with E-state index in [1.54, 1.807) is 12.1 Å². The highest BCUT2D eigenvalue weighted by Crippen LogP contribution is 2.35. The third-order valence-electron chi connectivity index (χ3n) is 2.65. The fraction of sp³-hybridized carbons (Fsp3) is 0.231. The average Bonchev–Trinajstić information content (AvgIpc) is 2.83. The standard InChI is InChI=1S/C13H10ClF4NOS/c14-12-4-3-11(21-12)10(6-19)20-7-1-2-9(15)8(5-7)13(16,17)18/h1-5,10H,6,19H2. The fourth-order valence-corrected chi connectivity index (χ4v) is 2.79. The predicted octanol–water partition coefficient (Wildman–Crippen LogP) is 4.64. The summed E-state index contributed by atoms with van der Waals surface area (Å²) in [6, 6.07) is 5.78. The average molecular weight is 340 g/mol. The van der Waals surface area contributed by atoms with Crippen LogP contribution in [0, 0.1) is 5.82 Å². The van der Waals surface area contributed by atoms with Gasteiger partial charge in [-0.1, -0.05) is 11.6 Å². The first-order valence-electron chi connectivity index (χ1n) is 5.80. The molecule has 0 aliphatic heterocycles. The van der Waals surface area contributed by atoms with Crippen molar-refractivity contribution < 1.29 is 22.3 Å². The number of hydrogen-bond acceptors (Lipinski definition) is 3. The maximum atomic E-state index is 13.2. The molecule has 2 aromatic rings. The van der Waals surface area contributed by atoms with Gasteiger partial charge < -0.3 is 10.5 Å². The van der Waals surface area contributed by atoms with Crippen molar-refractivity contribution in [2.24, 2.45) is 5.73 Å². The van der Waals surface area contributed by atoms with Gasteiger partial charge in [-0.15, -0.1) is 11.3 Å². The molecule has 0 spiro atoms. The summed E-state index contributed by atoms with van der Waals surface area (Å²) >= 11 is 7.01. The summed E-state index contributed by atoms with van der Waals surface area (Å²) in [7, 11) is 0. The maximum absolute atomic E-state index is 13.2. The molecule has 0 saturated heterocycles. The van der Waals surface area contributed by atoms with E-state index in [0.717, 1.165) is 6.07 Å². The van der Waals surface area contributed by atoms with Crippen LogP contribution in [0.1, 0.15) is 16.5 Å². The minimum atomic E-state index is -4.78. The van der Waals surface area contributed by atoms with Crippen molar-refractivity contribution in [3.05, 3.63) is 50.9 Å². The Labute approximate surface area is 127 Å². The number of benzene rings is 1. The second-order valence-electron chi connectivity index (χ2n) is 4.12. The minimum absolute atomic E-state index is 0.0512. The van der Waals surface area contributed by atoms with Crippen molar-refractivity contribution in [3.63, 3.8) is 0 Å². The molecule has 1 atom stereocenters. The van der Waals surface area contributed by atoms with E-state index in [9.17, 15) is 17.6 Å². The second-order valence-corrected chi connectivity index (χ2v) is 5.87. The van der Waals surface area contributed by atoms with Gasteiger partial charge in [-0.3, -0.25) is 0 Å². The van der Waals surface area contributed by atoms with E-state index in [2.05, 4.69) is 0 Å². The number of hydrogen-bond donors (Lipinski definition) is 1. The van der Waals surface area contributed by atoms with Crippen molar-refractivity contribution in [2.45, 2.75) is 12.3 Å². The molecule has 0 aliphatic carbocycles. The highest BCUT2D eigenvalue weighted by molar-refractivity contribution is 7.16. The van der Waals surface area contributed by atoms with Gasteiger partial charge in [0.1, 0.15) is 17.7 Å². The van der Waals surface area contributed by atoms with Crippen LogP contribution in [-0.4, -0.2) is 6.54 Å². The van der Waals surface area contributed by atoms with Crippen LogP contribution in [0.15, 0.2) is 30.3 Å². The normalized spacial score (nSPS) is 13.2. The lowest BCUT2D eigenvalue weighted by Gasteiger charge is -2.17. The van der Waals surface area contributed by atoms with Crippen LogP contribution in [0.25, 0.3) is 0 Å². The third-order valence-corrected chi connectivity index (χ3v) is 3.97. The Balaban J connectivity index is 2.26. The van der Waals surface area contributed by atoms with Crippen molar-refractivity contribution in [1.82, 2.24) is 0 Å². The summed E-state index contributed by atoms with van der Waals surface area (Å²) in [6.45, 7) is 0.0512. The van der Waals surface area contributed by atoms with Gasteiger partial charge in [-0.25, -0.2) is 4.39 Å². The van der Waals surface area contributed by atoms with E-state index in [1.165, 1.54) is 11.3 Å². The zero-order valence-corrected chi connectivity index (χ0v) is 12.0. The Hall–Kier alpha value is -1.31. The summed E-state index contributed by atoms with van der Waals surface area (Å²) < 4.78 is 57.0. The molecule has 0 bridgehead atoms. The molecule has 2 rings (SSSR count). The predicted molar refractivity (Wildman–Crippen MR) is 73.2 cm³/mol. The topological polar surface area (TPSA) is 35.2 Å². The highest BCUT2D eigenvalue weighted by atomic mass is 35.5. The van der Waals surface area contributed by atoms with E-state index >= 15 is 0 Å². The number of ether oxygens (including phenoxy) is 1. The first-order valence-corrected chi connectivity index (χ1v) is 6.99. The molecule has 0 saturated carbocycles. The number of halogens is 5. The van der Waals surface area contributed by atoms with Gasteiger partial charge in [0.25, 0.3) is 0 Å². The summed E-state index contributed by atoms with van der Waals surface area (Å²) in [6.07, 6.45) is -5.43. The van der Waals surface area contributed by atoms with E-state index in [4.69, 9.17) is 22.1 Å². The van der Waals surface area contributed by atoms with Crippen molar-refractivity contribution >= 4 is 22.9 Å². The molecule has 1 heterocycles. The van der Waals surface area contributed by atoms with E-state index in [0.29, 0.717) is 21.3 Å². The van der Waals surface area contributed by atoms with Gasteiger partial charge >= 0.3 is 6.18 Å². The van der Waals surface area contributed by atoms with E-state index in [1.807, 2.05) is 0 Å². The lowest BCUT2D eigenvalue weighted by Crippen LogP contribution is -2.18. The van der Waals surface area contributed by atoms with Gasteiger partial charge in [0.2, 0.25) is 0 Å². The largest absolute Gasteiger partial charge is 0.484 e. The SMILES string of the molecule is NCC(Oc1ccc(F)c(C(F)(F)F)c1)c1ccc(Cl)s1. The van der Waals surface area contributed by atoms with Gasteiger partial charge in [0.15, 0.2) is 0 Å². The molecule has 114 valence electrons. The molecule has 0 fully saturated rings. The number of nitrogens with two attached hydrogens (primary N) is 1. The van der Waals surface area contributed by atoms with Crippen molar-refractivity contribution in [3.8, 4) is 5.75 Å². The molecule has 21 heavy (non-hydrogen) atoms. The Kier molecular flexibility index (Phi) is 4.75. The van der Waals surface area contributed by atoms with Gasteiger partial charge in [0.05, 0.1) is 9.90 Å². The molecule has 2 N–H and O–H groups in total. The van der Waals surface area contributed by atoms with Crippen LogP contribution < -0.4 is 10.5 Å². The molecular formula is C13H10ClF4NOS. The number of rotatable bonds is 4. The Morgan fingerprint density at radius 3 is 2.48 bits per heavy atom. The summed E-state index contributed by atoms with van der Waals surface area (Å²) in [5.74, 6) is -1.46. The Morgan fingerprint density at radius 1 is 1.24 bits per heavy atom. The molecule has 0 radical (unpaired) electrons. The van der Waals surface area contributed by atoms with Gasteiger partial charge in [-0.2, -0.15) is 13.2 Å². The van der Waals surface area contributed by atoms with Crippen molar-refractivity contribution in [1.29, 1.82) is 0 Å². The second kappa shape index (κ2) is 6.21. The molecule has 1 aromatic carbocycles. The zero-order valence-electron chi connectivity index (χ0n) is 10.5. The summed E-state index contributed by atoms with van der Waals surface area (Å²) in [5.41, 5.74) is 4.18. The highest BCUT2D eigenvalue weighted by Gasteiger charge is 2.34. The minimum Gasteiger partial charge on any atom is -0.484 e. The lowest BCUT2D eigenvalue weighted by atomic mass is 10.2. The van der Waals surface area contributed by atoms with Crippen LogP contribution in [0.2, 0.25) is 4.34 Å². The molecule has 1 aromatic heterocycles. The van der Waals surface area contributed by atoms with Gasteiger partial charge in [0, 0.05) is 11.4 Å². The quantitative estimate of drug-likeness (QED) is 0.824. The van der Waals surface area contributed by atoms with Crippen LogP contribution in [0.3, 0.4) is 0 Å². The van der Waals surface area contributed by atoms with Crippen LogP contribution >= 0.6 is 22.9 Å². The maximum Gasteiger partial charge on any atom is 0.419 e. The lowest BCUT2D eigenvalue weighted by molar-refractivity contribution is -0.140. The Morgan fingerprint density at radius 2 is 1.95 bits per heavy atom. The molecule has 1 unspecified atom stereocenters. The van der Waals surface area contributed by atoms with Crippen molar-refractivity contribution in [2.75, 3.05) is 6.54 Å². The molecular weight excluding hydrogens is 330 g/mol. The van der Waals surface area contributed by atoms with Crippen LogP contribution in [-0.2, 0) is 6.18 Å². The number of thiophene rings is 1. The first-order chi connectivity index (χ1) is 9.81. The smallest absolute Gasteiger partial charge is 0.419 e. The molecule has 0 amide bonds. The first kappa shape index (κ1) is 16.1. The summed E-state index contributed by atoms with van der Waals surface area (Å²) in [4.78, 5) is 0.681. The third kappa shape index (κ3) is 3.87. The van der Waals surface area contributed by atoms with E-state index < -0.39 is 23.7 Å². The fourth-order valence-electron chi connectivity index (χ4n) is 1.68. The molecule has 2 nitrogen and oxygen atoms in total. The number of alkyl halides is 3. The monoisotopic (exact) mass is 339 g/mol. The van der Waals surface area contributed by atoms with Crippen LogP contribution in [0.5, 0.6) is 5.75 Å². The molecule has 0 aliphatic rings. The Bertz CT molecular complexity index is 629. The summed E-state index contributed by atoms with van der Waals surface area (Å²) in [5, 5.41) is 0. The van der Waals surface area contributed by atoms with Gasteiger partial charge in [-0.05, 0) is 30.3 Å². The zero-order chi connectivity index (χ0) is 15.6. The van der Waals surface area contributed by atoms with Crippen LogP contribution in [0.4, 0.5) is 17.6 Å². The molecule has 8 heteroatoms. The van der Waals surface area contributed by atoms with E-state index in [-0.39, 0.29) is 12.3 Å².